The molecule has 0 aliphatic carbocycles. The lowest BCUT2D eigenvalue weighted by atomic mass is 9.88. The Hall–Kier alpha value is -1.56. The number of hydrogen-bond donors (Lipinski definition) is 2. The monoisotopic (exact) mass is 370 g/mol. The van der Waals surface area contributed by atoms with Gasteiger partial charge in [-0.05, 0) is 31.4 Å². The summed E-state index contributed by atoms with van der Waals surface area (Å²) >= 11 is 0. The highest BCUT2D eigenvalue weighted by atomic mass is 35.5. The number of hydrogen-bond acceptors (Lipinski definition) is 3. The molecule has 3 rings (SSSR count). The van der Waals surface area contributed by atoms with E-state index in [2.05, 4.69) is 10.2 Å². The molecule has 2 heterocycles. The number of nitrogens with zero attached hydrogens (tertiary/aromatic N) is 2. The predicted octanol–water partition coefficient (Wildman–Crippen LogP) is 2.83. The highest BCUT2D eigenvalue weighted by Gasteiger charge is 2.36. The van der Waals surface area contributed by atoms with Gasteiger partial charge in [0, 0.05) is 30.9 Å². The van der Waals surface area contributed by atoms with Crippen LogP contribution in [0.3, 0.4) is 0 Å². The number of nitrogens with two attached hydrogens (primary N) is 1. The molecule has 0 bridgehead atoms. The van der Waals surface area contributed by atoms with Crippen molar-refractivity contribution in [3.63, 3.8) is 0 Å². The molecule has 1 aromatic heterocycles. The zero-order valence-corrected chi connectivity index (χ0v) is 15.3. The first-order chi connectivity index (χ1) is 10.6. The van der Waals surface area contributed by atoms with E-state index < -0.39 is 5.54 Å². The van der Waals surface area contributed by atoms with Gasteiger partial charge in [0.2, 0.25) is 5.91 Å². The van der Waals surface area contributed by atoms with E-state index in [4.69, 9.17) is 5.73 Å². The largest absolute Gasteiger partial charge is 0.341 e. The molecule has 5 nitrogen and oxygen atoms in total. The third-order valence-electron chi connectivity index (χ3n) is 4.56. The highest BCUT2D eigenvalue weighted by molar-refractivity contribution is 5.87. The number of carbonyl (C=O) groups is 1. The minimum absolute atomic E-state index is 0. The Morgan fingerprint density at radius 3 is 2.38 bits per heavy atom. The summed E-state index contributed by atoms with van der Waals surface area (Å²) in [7, 11) is 0. The van der Waals surface area contributed by atoms with E-state index in [1.165, 1.54) is 0 Å². The second kappa shape index (κ2) is 8.51. The van der Waals surface area contributed by atoms with Crippen molar-refractivity contribution in [2.45, 2.75) is 31.2 Å². The first-order valence-electron chi connectivity index (χ1n) is 7.72. The number of carbonyl (C=O) groups excluding carboxylic acids is 1. The second-order valence-electron chi connectivity index (χ2n) is 6.15. The fourth-order valence-corrected chi connectivity index (χ4v) is 3.12. The Morgan fingerprint density at radius 1 is 1.21 bits per heavy atom. The first-order valence-corrected chi connectivity index (χ1v) is 7.72. The molecule has 7 heteroatoms. The Labute approximate surface area is 154 Å². The molecule has 1 aliphatic rings. The number of amides is 1. The molecule has 1 atom stereocenters. The first kappa shape index (κ1) is 20.5. The van der Waals surface area contributed by atoms with Crippen LogP contribution in [0.25, 0.3) is 0 Å². The van der Waals surface area contributed by atoms with Crippen LogP contribution in [0.2, 0.25) is 0 Å². The van der Waals surface area contributed by atoms with Gasteiger partial charge in [-0.3, -0.25) is 9.89 Å². The van der Waals surface area contributed by atoms with Crippen LogP contribution in [-0.4, -0.2) is 34.1 Å². The van der Waals surface area contributed by atoms with Crippen LogP contribution in [0.1, 0.15) is 36.9 Å². The molecular formula is C17H24Cl2N4O. The topological polar surface area (TPSA) is 75.0 Å². The minimum atomic E-state index is -0.970. The van der Waals surface area contributed by atoms with Gasteiger partial charge >= 0.3 is 0 Å². The molecule has 1 saturated heterocycles. The molecule has 1 aromatic carbocycles. The lowest BCUT2D eigenvalue weighted by Gasteiger charge is -2.36. The molecular weight excluding hydrogens is 347 g/mol. The Bertz CT molecular complexity index is 623. The average molecular weight is 371 g/mol. The van der Waals surface area contributed by atoms with E-state index in [0.717, 1.165) is 37.2 Å². The van der Waals surface area contributed by atoms with Gasteiger partial charge in [-0.25, -0.2) is 0 Å². The van der Waals surface area contributed by atoms with Gasteiger partial charge in [-0.1, -0.05) is 30.3 Å². The number of aromatic nitrogens is 2. The number of halogens is 2. The molecule has 0 spiro atoms. The van der Waals surface area contributed by atoms with Crippen molar-refractivity contribution in [1.82, 2.24) is 15.1 Å². The van der Waals surface area contributed by atoms with Crippen molar-refractivity contribution < 1.29 is 4.79 Å². The van der Waals surface area contributed by atoms with E-state index in [-0.39, 0.29) is 30.7 Å². The summed E-state index contributed by atoms with van der Waals surface area (Å²) in [6, 6.07) is 11.6. The van der Waals surface area contributed by atoms with Crippen LogP contribution in [-0.2, 0) is 10.3 Å². The lowest BCUT2D eigenvalue weighted by Crippen LogP contribution is -2.52. The number of H-pyrrole nitrogens is 1. The Balaban J connectivity index is 0.00000144. The summed E-state index contributed by atoms with van der Waals surface area (Å²) in [6.07, 6.45) is 3.66. The minimum Gasteiger partial charge on any atom is -0.341 e. The van der Waals surface area contributed by atoms with Crippen molar-refractivity contribution in [3.8, 4) is 0 Å². The highest BCUT2D eigenvalue weighted by Crippen LogP contribution is 2.29. The van der Waals surface area contributed by atoms with Gasteiger partial charge in [0.1, 0.15) is 5.54 Å². The van der Waals surface area contributed by atoms with Crippen LogP contribution in [0.15, 0.2) is 42.6 Å². The van der Waals surface area contributed by atoms with Gasteiger partial charge in [-0.15, -0.1) is 24.8 Å². The predicted molar refractivity (Wildman–Crippen MR) is 99.6 cm³/mol. The Kier molecular flexibility index (Phi) is 7.27. The molecule has 1 fully saturated rings. The maximum atomic E-state index is 12.8. The van der Waals surface area contributed by atoms with E-state index in [9.17, 15) is 4.79 Å². The van der Waals surface area contributed by atoms with Gasteiger partial charge in [0.25, 0.3) is 0 Å². The summed E-state index contributed by atoms with van der Waals surface area (Å²) in [5.41, 5.74) is 7.38. The molecule has 1 unspecified atom stereocenters. The third-order valence-corrected chi connectivity index (χ3v) is 4.56. The number of aromatic amines is 1. The normalized spacial score (nSPS) is 17.3. The van der Waals surface area contributed by atoms with Crippen molar-refractivity contribution in [2.24, 2.45) is 5.73 Å². The number of nitrogens with one attached hydrogen (secondary N) is 1. The zero-order chi connectivity index (χ0) is 15.6. The van der Waals surface area contributed by atoms with Gasteiger partial charge in [-0.2, -0.15) is 5.10 Å². The molecule has 1 aliphatic heterocycles. The van der Waals surface area contributed by atoms with Gasteiger partial charge < -0.3 is 10.6 Å². The number of piperidine rings is 1. The van der Waals surface area contributed by atoms with Crippen LogP contribution in [0, 0.1) is 0 Å². The van der Waals surface area contributed by atoms with Crippen molar-refractivity contribution in [1.29, 1.82) is 0 Å². The second-order valence-corrected chi connectivity index (χ2v) is 6.15. The molecule has 132 valence electrons. The fourth-order valence-electron chi connectivity index (χ4n) is 3.12. The van der Waals surface area contributed by atoms with Crippen molar-refractivity contribution in [2.75, 3.05) is 13.1 Å². The number of benzene rings is 1. The van der Waals surface area contributed by atoms with Crippen molar-refractivity contribution in [3.05, 3.63) is 53.9 Å². The average Bonchev–Trinajstić information content (AvgIpc) is 3.09. The smallest absolute Gasteiger partial charge is 0.246 e. The quantitative estimate of drug-likeness (QED) is 0.871. The molecule has 24 heavy (non-hydrogen) atoms. The van der Waals surface area contributed by atoms with Crippen LogP contribution in [0.4, 0.5) is 0 Å². The van der Waals surface area contributed by atoms with E-state index >= 15 is 0 Å². The maximum Gasteiger partial charge on any atom is 0.246 e. The summed E-state index contributed by atoms with van der Waals surface area (Å²) in [6.45, 7) is 3.27. The standard InChI is InChI=1S/C17H22N4O.2ClH/c1-17(18,14-5-3-2-4-6-14)16(22)21-11-8-13(9-12-21)15-7-10-19-20-15;;/h2-7,10,13H,8-9,11-12,18H2,1H3,(H,19,20);2*1H. The summed E-state index contributed by atoms with van der Waals surface area (Å²) in [4.78, 5) is 14.7. The summed E-state index contributed by atoms with van der Waals surface area (Å²) in [5.74, 6) is 0.453. The summed E-state index contributed by atoms with van der Waals surface area (Å²) < 4.78 is 0. The van der Waals surface area contributed by atoms with Crippen molar-refractivity contribution >= 4 is 30.7 Å². The number of likely N-dealkylation sites (tertiary alicyclic amines) is 1. The molecule has 0 saturated carbocycles. The van der Waals surface area contributed by atoms with Crippen LogP contribution >= 0.6 is 24.8 Å². The van der Waals surface area contributed by atoms with E-state index in [0.29, 0.717) is 5.92 Å². The number of rotatable bonds is 3. The molecule has 3 N–H and O–H groups in total. The molecule has 2 aromatic rings. The molecule has 1 amide bonds. The lowest BCUT2D eigenvalue weighted by molar-refractivity contribution is -0.137. The fraction of sp³-hybridized carbons (Fsp3) is 0.412. The SMILES string of the molecule is CC(N)(C(=O)N1CCC(c2ccn[nH]2)CC1)c1ccccc1.Cl.Cl. The van der Waals surface area contributed by atoms with Crippen LogP contribution < -0.4 is 5.73 Å². The van der Waals surface area contributed by atoms with E-state index in [1.54, 1.807) is 13.1 Å². The van der Waals surface area contributed by atoms with Gasteiger partial charge in [0.05, 0.1) is 0 Å². The van der Waals surface area contributed by atoms with Crippen LogP contribution in [0.5, 0.6) is 0 Å². The molecule has 0 radical (unpaired) electrons. The Morgan fingerprint density at radius 2 is 1.83 bits per heavy atom. The van der Waals surface area contributed by atoms with Gasteiger partial charge in [0.15, 0.2) is 0 Å². The summed E-state index contributed by atoms with van der Waals surface area (Å²) in [5, 5.41) is 7.03. The maximum absolute atomic E-state index is 12.8. The zero-order valence-electron chi connectivity index (χ0n) is 13.6. The third kappa shape index (κ3) is 4.09. The van der Waals surface area contributed by atoms with E-state index in [1.807, 2.05) is 41.3 Å².